The maximum atomic E-state index is 13.1. The van der Waals surface area contributed by atoms with Crippen LogP contribution in [0.3, 0.4) is 0 Å². The Kier molecular flexibility index (Phi) is 3.74. The molecular formula is C13H15FO3. The van der Waals surface area contributed by atoms with E-state index in [0.717, 1.165) is 24.8 Å². The van der Waals surface area contributed by atoms with E-state index >= 15 is 0 Å². The summed E-state index contributed by atoms with van der Waals surface area (Å²) in [5, 5.41) is 8.82. The summed E-state index contributed by atoms with van der Waals surface area (Å²) < 4.78 is 18.7. The van der Waals surface area contributed by atoms with E-state index in [1.54, 1.807) is 6.07 Å². The molecule has 3 nitrogen and oxygen atoms in total. The first-order valence-corrected chi connectivity index (χ1v) is 5.78. The Morgan fingerprint density at radius 2 is 2.29 bits per heavy atom. The lowest BCUT2D eigenvalue weighted by Crippen LogP contribution is -2.15. The molecule has 0 unspecified atom stereocenters. The van der Waals surface area contributed by atoms with E-state index in [-0.39, 0.29) is 12.5 Å². The first-order chi connectivity index (χ1) is 8.16. The third kappa shape index (κ3) is 3.03. The number of carboxylic acid groups (broad SMARTS) is 1. The molecule has 1 aliphatic rings. The zero-order chi connectivity index (χ0) is 12.3. The maximum absolute atomic E-state index is 13.1. The maximum Gasteiger partial charge on any atom is 0.307 e. The van der Waals surface area contributed by atoms with Crippen molar-refractivity contribution in [1.82, 2.24) is 0 Å². The molecule has 17 heavy (non-hydrogen) atoms. The van der Waals surface area contributed by atoms with E-state index in [2.05, 4.69) is 0 Å². The quantitative estimate of drug-likeness (QED) is 0.880. The molecule has 92 valence electrons. The number of carbonyl (C=O) groups is 1. The highest BCUT2D eigenvalue weighted by molar-refractivity contribution is 5.70. The summed E-state index contributed by atoms with van der Waals surface area (Å²) >= 11 is 0. The predicted octanol–water partition coefficient (Wildman–Crippen LogP) is 2.69. The Bertz CT molecular complexity index is 411. The third-order valence-corrected chi connectivity index (χ3v) is 2.97. The Morgan fingerprint density at radius 3 is 2.94 bits per heavy atom. The van der Waals surface area contributed by atoms with Crippen LogP contribution in [0.2, 0.25) is 0 Å². The molecule has 1 atom stereocenters. The Balaban J connectivity index is 2.27. The number of rotatable bonds is 3. The van der Waals surface area contributed by atoms with Gasteiger partial charge >= 0.3 is 5.97 Å². The molecule has 0 amide bonds. The van der Waals surface area contributed by atoms with Crippen molar-refractivity contribution in [2.45, 2.75) is 31.8 Å². The molecule has 1 saturated heterocycles. The third-order valence-electron chi connectivity index (χ3n) is 2.97. The number of carboxylic acids is 1. The summed E-state index contributed by atoms with van der Waals surface area (Å²) in [6.07, 6.45) is 2.73. The van der Waals surface area contributed by atoms with Crippen LogP contribution in [-0.4, -0.2) is 17.7 Å². The van der Waals surface area contributed by atoms with Gasteiger partial charge in [-0.1, -0.05) is 6.07 Å². The second kappa shape index (κ2) is 5.27. The van der Waals surface area contributed by atoms with Gasteiger partial charge in [-0.3, -0.25) is 4.79 Å². The highest BCUT2D eigenvalue weighted by atomic mass is 19.1. The monoisotopic (exact) mass is 238 g/mol. The number of ether oxygens (including phenoxy) is 1. The summed E-state index contributed by atoms with van der Waals surface area (Å²) in [5.74, 6) is -1.35. The van der Waals surface area contributed by atoms with Gasteiger partial charge in [-0.25, -0.2) is 4.39 Å². The molecule has 1 aromatic carbocycles. The number of hydrogen-bond donors (Lipinski definition) is 1. The normalized spacial score (nSPS) is 20.2. The molecule has 0 aliphatic carbocycles. The minimum absolute atomic E-state index is 0.0845. The standard InChI is InChI=1S/C13H15FO3/c14-10-4-5-11(9(7-10)8-13(15)16)12-3-1-2-6-17-12/h4-5,7,12H,1-3,6,8H2,(H,15,16)/t12-/m1/s1. The van der Waals surface area contributed by atoms with Crippen LogP contribution < -0.4 is 0 Å². The van der Waals surface area contributed by atoms with E-state index in [0.29, 0.717) is 12.2 Å². The van der Waals surface area contributed by atoms with Gasteiger partial charge in [0.05, 0.1) is 12.5 Å². The number of halogens is 1. The van der Waals surface area contributed by atoms with E-state index in [1.165, 1.54) is 12.1 Å². The van der Waals surface area contributed by atoms with Crippen molar-refractivity contribution in [3.8, 4) is 0 Å². The molecule has 1 fully saturated rings. The second-order valence-electron chi connectivity index (χ2n) is 4.27. The van der Waals surface area contributed by atoms with Gasteiger partial charge in [0.25, 0.3) is 0 Å². The lowest BCUT2D eigenvalue weighted by atomic mass is 9.95. The smallest absolute Gasteiger partial charge is 0.307 e. The van der Waals surface area contributed by atoms with Gasteiger partial charge in [-0.2, -0.15) is 0 Å². The summed E-state index contributed by atoms with van der Waals surface area (Å²) in [6.45, 7) is 0.689. The molecule has 0 saturated carbocycles. The van der Waals surface area contributed by atoms with Crippen LogP contribution in [-0.2, 0) is 16.0 Å². The molecule has 0 aromatic heterocycles. The Morgan fingerprint density at radius 1 is 1.47 bits per heavy atom. The van der Waals surface area contributed by atoms with Crippen LogP contribution in [0, 0.1) is 5.82 Å². The molecule has 1 aliphatic heterocycles. The fourth-order valence-electron chi connectivity index (χ4n) is 2.19. The van der Waals surface area contributed by atoms with E-state index in [1.807, 2.05) is 0 Å². The lowest BCUT2D eigenvalue weighted by Gasteiger charge is -2.24. The zero-order valence-corrected chi connectivity index (χ0v) is 9.49. The van der Waals surface area contributed by atoms with Gasteiger partial charge in [-0.05, 0) is 42.5 Å². The van der Waals surface area contributed by atoms with Crippen molar-refractivity contribution in [2.75, 3.05) is 6.61 Å². The minimum atomic E-state index is -0.951. The summed E-state index contributed by atoms with van der Waals surface area (Å²) in [5.41, 5.74) is 1.33. The van der Waals surface area contributed by atoms with Crippen LogP contribution >= 0.6 is 0 Å². The molecule has 1 aromatic rings. The topological polar surface area (TPSA) is 46.5 Å². The molecule has 0 spiro atoms. The van der Waals surface area contributed by atoms with Crippen molar-refractivity contribution in [2.24, 2.45) is 0 Å². The molecule has 1 heterocycles. The number of benzene rings is 1. The van der Waals surface area contributed by atoms with Crippen molar-refractivity contribution in [3.63, 3.8) is 0 Å². The van der Waals surface area contributed by atoms with Crippen molar-refractivity contribution < 1.29 is 19.0 Å². The van der Waals surface area contributed by atoms with E-state index < -0.39 is 11.8 Å². The highest BCUT2D eigenvalue weighted by Gasteiger charge is 2.20. The van der Waals surface area contributed by atoms with Crippen LogP contribution in [0.15, 0.2) is 18.2 Å². The van der Waals surface area contributed by atoms with Crippen molar-refractivity contribution >= 4 is 5.97 Å². The molecule has 4 heteroatoms. The fraction of sp³-hybridized carbons (Fsp3) is 0.462. The highest BCUT2D eigenvalue weighted by Crippen LogP contribution is 2.30. The van der Waals surface area contributed by atoms with Gasteiger partial charge < -0.3 is 9.84 Å². The number of aliphatic carboxylic acids is 1. The SMILES string of the molecule is O=C(O)Cc1cc(F)ccc1[C@H]1CCCCO1. The molecular weight excluding hydrogens is 223 g/mol. The van der Waals surface area contributed by atoms with Gasteiger partial charge in [0.1, 0.15) is 5.82 Å². The van der Waals surface area contributed by atoms with E-state index in [9.17, 15) is 9.18 Å². The van der Waals surface area contributed by atoms with Gasteiger partial charge in [0, 0.05) is 6.61 Å². The molecule has 0 bridgehead atoms. The van der Waals surface area contributed by atoms with Gasteiger partial charge in [-0.15, -0.1) is 0 Å². The van der Waals surface area contributed by atoms with Gasteiger partial charge in [0.15, 0.2) is 0 Å². The Labute approximate surface area is 99.2 Å². The largest absolute Gasteiger partial charge is 0.481 e. The van der Waals surface area contributed by atoms with Crippen molar-refractivity contribution in [3.05, 3.63) is 35.1 Å². The van der Waals surface area contributed by atoms with E-state index in [4.69, 9.17) is 9.84 Å². The molecule has 2 rings (SSSR count). The zero-order valence-electron chi connectivity index (χ0n) is 9.49. The second-order valence-corrected chi connectivity index (χ2v) is 4.27. The molecule has 0 radical (unpaired) electrons. The van der Waals surface area contributed by atoms with Crippen LogP contribution in [0.1, 0.15) is 36.5 Å². The fourth-order valence-corrected chi connectivity index (χ4v) is 2.19. The summed E-state index contributed by atoms with van der Waals surface area (Å²) in [6, 6.07) is 4.30. The minimum Gasteiger partial charge on any atom is -0.481 e. The summed E-state index contributed by atoms with van der Waals surface area (Å²) in [4.78, 5) is 10.8. The predicted molar refractivity (Wildman–Crippen MR) is 60.3 cm³/mol. The van der Waals surface area contributed by atoms with Crippen LogP contribution in [0.25, 0.3) is 0 Å². The lowest BCUT2D eigenvalue weighted by molar-refractivity contribution is -0.136. The van der Waals surface area contributed by atoms with Crippen LogP contribution in [0.5, 0.6) is 0 Å². The van der Waals surface area contributed by atoms with Crippen LogP contribution in [0.4, 0.5) is 4.39 Å². The average molecular weight is 238 g/mol. The number of hydrogen-bond acceptors (Lipinski definition) is 2. The first kappa shape index (κ1) is 12.0. The average Bonchev–Trinajstić information content (AvgIpc) is 2.29. The Hall–Kier alpha value is -1.42. The van der Waals surface area contributed by atoms with Crippen molar-refractivity contribution in [1.29, 1.82) is 0 Å². The first-order valence-electron chi connectivity index (χ1n) is 5.78. The molecule has 1 N–H and O–H groups in total. The summed E-state index contributed by atoms with van der Waals surface area (Å²) in [7, 11) is 0. The van der Waals surface area contributed by atoms with Gasteiger partial charge in [0.2, 0.25) is 0 Å².